The Labute approximate surface area is 222 Å². The molecule has 0 amide bonds. The first-order chi connectivity index (χ1) is 17.5. The Hall–Kier alpha value is -3.26. The van der Waals surface area contributed by atoms with Crippen LogP contribution in [0, 0.1) is 6.92 Å². The summed E-state index contributed by atoms with van der Waals surface area (Å²) in [5.74, 6) is 0.236. The van der Waals surface area contributed by atoms with E-state index in [0.717, 1.165) is 23.3 Å². The Bertz CT molecular complexity index is 1320. The van der Waals surface area contributed by atoms with Gasteiger partial charge >= 0.3 is 12.1 Å². The fraction of sp³-hybridized carbons (Fsp3) is 0.179. The van der Waals surface area contributed by atoms with Gasteiger partial charge in [-0.1, -0.05) is 71.7 Å². The Kier molecular flexibility index (Phi) is 9.80. The Morgan fingerprint density at radius 3 is 2.30 bits per heavy atom. The van der Waals surface area contributed by atoms with E-state index in [1.807, 2.05) is 30.3 Å². The topological polar surface area (TPSA) is 62.5 Å². The summed E-state index contributed by atoms with van der Waals surface area (Å²) in [6.07, 6.45) is -3.90. The highest BCUT2D eigenvalue weighted by Crippen LogP contribution is 2.32. The molecular weight excluding hydrogens is 526 g/mol. The molecule has 1 aromatic heterocycles. The molecule has 1 heterocycles. The first-order valence-electron chi connectivity index (χ1n) is 11.2. The lowest BCUT2D eigenvalue weighted by atomic mass is 10.1. The standard InChI is InChI=1S/C16H15Cl2NO2.C12H9F3O/c17-13-7-6-12(14(18)9-13)10-19-15(16(20)21)8-11-4-2-1-3-5-11;1-8-5-6-11(16-8)9-3-2-4-10(7-9)12(13,14)15/h1-7,9,15,19H,8,10H2,(H,20,21);2-7H,1H3/t15-;/m0./s1. The smallest absolute Gasteiger partial charge is 0.416 e. The quantitative estimate of drug-likeness (QED) is 0.245. The number of carboxylic acid groups (broad SMARTS) is 1. The second-order valence-corrected chi connectivity index (χ2v) is 9.03. The number of aliphatic carboxylic acids is 1. The van der Waals surface area contributed by atoms with E-state index in [9.17, 15) is 23.1 Å². The van der Waals surface area contributed by atoms with Gasteiger partial charge in [-0.3, -0.25) is 10.1 Å². The van der Waals surface area contributed by atoms with Gasteiger partial charge in [0.05, 0.1) is 5.56 Å². The van der Waals surface area contributed by atoms with Crippen LogP contribution in [-0.2, 0) is 23.9 Å². The van der Waals surface area contributed by atoms with Crippen molar-refractivity contribution < 1.29 is 27.5 Å². The third kappa shape index (κ3) is 8.67. The van der Waals surface area contributed by atoms with Gasteiger partial charge in [0.15, 0.2) is 0 Å². The van der Waals surface area contributed by atoms with Crippen molar-refractivity contribution in [3.8, 4) is 11.3 Å². The van der Waals surface area contributed by atoms with Crippen LogP contribution in [-0.4, -0.2) is 17.1 Å². The molecule has 0 aliphatic carbocycles. The summed E-state index contributed by atoms with van der Waals surface area (Å²) in [6.45, 7) is 2.12. The molecule has 2 N–H and O–H groups in total. The van der Waals surface area contributed by atoms with E-state index in [0.29, 0.717) is 40.1 Å². The maximum absolute atomic E-state index is 12.5. The number of halogens is 5. The molecule has 0 radical (unpaired) electrons. The van der Waals surface area contributed by atoms with Crippen molar-refractivity contribution in [1.82, 2.24) is 5.32 Å². The molecule has 3 aromatic carbocycles. The van der Waals surface area contributed by atoms with E-state index in [-0.39, 0.29) is 0 Å². The summed E-state index contributed by atoms with van der Waals surface area (Å²) in [7, 11) is 0. The van der Waals surface area contributed by atoms with Crippen molar-refractivity contribution in [1.29, 1.82) is 0 Å². The minimum Gasteiger partial charge on any atom is -0.480 e. The van der Waals surface area contributed by atoms with Gasteiger partial charge < -0.3 is 9.52 Å². The third-order valence-electron chi connectivity index (χ3n) is 5.35. The molecule has 0 saturated carbocycles. The summed E-state index contributed by atoms with van der Waals surface area (Å²) in [5, 5.41) is 13.4. The lowest BCUT2D eigenvalue weighted by Gasteiger charge is -2.15. The van der Waals surface area contributed by atoms with Crippen molar-refractivity contribution in [3.63, 3.8) is 0 Å². The van der Waals surface area contributed by atoms with Crippen molar-refractivity contribution in [3.05, 3.63) is 117 Å². The Morgan fingerprint density at radius 2 is 1.70 bits per heavy atom. The number of aryl methyl sites for hydroxylation is 1. The van der Waals surface area contributed by atoms with E-state index in [1.54, 1.807) is 43.3 Å². The van der Waals surface area contributed by atoms with E-state index in [4.69, 9.17) is 27.6 Å². The van der Waals surface area contributed by atoms with Crippen LogP contribution in [0.2, 0.25) is 10.0 Å². The zero-order valence-electron chi connectivity index (χ0n) is 19.7. The molecule has 0 spiro atoms. The zero-order valence-corrected chi connectivity index (χ0v) is 21.2. The molecular formula is C28H24Cl2F3NO3. The average Bonchev–Trinajstić information content (AvgIpc) is 3.29. The summed E-state index contributed by atoms with van der Waals surface area (Å²) >= 11 is 11.9. The van der Waals surface area contributed by atoms with Gasteiger partial charge in [-0.15, -0.1) is 0 Å². The highest BCUT2D eigenvalue weighted by atomic mass is 35.5. The van der Waals surface area contributed by atoms with Crippen molar-refractivity contribution in [2.45, 2.75) is 32.1 Å². The second kappa shape index (κ2) is 12.8. The summed E-state index contributed by atoms with van der Waals surface area (Å²) in [4.78, 5) is 11.3. The number of carboxylic acids is 1. The number of furan rings is 1. The number of hydrogen-bond acceptors (Lipinski definition) is 3. The van der Waals surface area contributed by atoms with Crippen molar-refractivity contribution >= 4 is 29.2 Å². The number of hydrogen-bond donors (Lipinski definition) is 2. The number of carbonyl (C=O) groups is 1. The number of alkyl halides is 3. The van der Waals surface area contributed by atoms with Gasteiger partial charge in [0, 0.05) is 22.2 Å². The minimum atomic E-state index is -4.32. The van der Waals surface area contributed by atoms with Crippen LogP contribution in [0.25, 0.3) is 11.3 Å². The zero-order chi connectivity index (χ0) is 27.0. The van der Waals surface area contributed by atoms with E-state index in [2.05, 4.69) is 5.32 Å². The molecule has 0 saturated heterocycles. The summed E-state index contributed by atoms with van der Waals surface area (Å²) < 4.78 is 42.6. The van der Waals surface area contributed by atoms with Gasteiger partial charge in [0.25, 0.3) is 0 Å². The van der Waals surface area contributed by atoms with Gasteiger partial charge in [0.1, 0.15) is 17.6 Å². The van der Waals surface area contributed by atoms with Crippen molar-refractivity contribution in [2.75, 3.05) is 0 Å². The molecule has 0 aliphatic rings. The van der Waals surface area contributed by atoms with Crippen LogP contribution < -0.4 is 5.32 Å². The predicted molar refractivity (Wildman–Crippen MR) is 139 cm³/mol. The summed E-state index contributed by atoms with van der Waals surface area (Å²) in [5.41, 5.74) is 1.56. The molecule has 9 heteroatoms. The maximum atomic E-state index is 12.5. The largest absolute Gasteiger partial charge is 0.480 e. The van der Waals surface area contributed by atoms with Crippen LogP contribution in [0.5, 0.6) is 0 Å². The van der Waals surface area contributed by atoms with Gasteiger partial charge in [-0.2, -0.15) is 13.2 Å². The molecule has 37 heavy (non-hydrogen) atoms. The van der Waals surface area contributed by atoms with Crippen LogP contribution >= 0.6 is 23.2 Å². The molecule has 0 bridgehead atoms. The van der Waals surface area contributed by atoms with Gasteiger partial charge in [0.2, 0.25) is 0 Å². The lowest BCUT2D eigenvalue weighted by molar-refractivity contribution is -0.139. The fourth-order valence-electron chi connectivity index (χ4n) is 3.43. The highest BCUT2D eigenvalue weighted by molar-refractivity contribution is 6.35. The SMILES string of the molecule is Cc1ccc(-c2cccc(C(F)(F)F)c2)o1.O=C(O)[C@H](Cc1ccccc1)NCc1ccc(Cl)cc1Cl. The second-order valence-electron chi connectivity index (χ2n) is 8.19. The summed E-state index contributed by atoms with van der Waals surface area (Å²) in [6, 6.07) is 22.5. The molecule has 4 aromatic rings. The van der Waals surface area contributed by atoms with Crippen LogP contribution in [0.4, 0.5) is 13.2 Å². The first kappa shape index (κ1) is 28.3. The van der Waals surface area contributed by atoms with E-state index < -0.39 is 23.8 Å². The number of nitrogens with one attached hydrogen (secondary N) is 1. The Morgan fingerprint density at radius 1 is 0.973 bits per heavy atom. The molecule has 4 rings (SSSR count). The molecule has 0 fully saturated rings. The van der Waals surface area contributed by atoms with Crippen LogP contribution in [0.3, 0.4) is 0 Å². The fourth-order valence-corrected chi connectivity index (χ4v) is 3.91. The monoisotopic (exact) mass is 549 g/mol. The van der Waals surface area contributed by atoms with Crippen LogP contribution in [0.15, 0.2) is 89.3 Å². The van der Waals surface area contributed by atoms with Crippen molar-refractivity contribution in [2.24, 2.45) is 0 Å². The van der Waals surface area contributed by atoms with E-state index >= 15 is 0 Å². The molecule has 1 atom stereocenters. The minimum absolute atomic E-state index is 0.375. The maximum Gasteiger partial charge on any atom is 0.416 e. The number of rotatable bonds is 7. The molecule has 194 valence electrons. The van der Waals surface area contributed by atoms with Crippen LogP contribution in [0.1, 0.15) is 22.5 Å². The predicted octanol–water partition coefficient (Wildman–Crippen LogP) is 8.05. The normalized spacial score (nSPS) is 11.9. The lowest BCUT2D eigenvalue weighted by Crippen LogP contribution is -2.38. The van der Waals surface area contributed by atoms with E-state index in [1.165, 1.54) is 6.07 Å². The molecule has 4 nitrogen and oxygen atoms in total. The number of benzene rings is 3. The first-order valence-corrected chi connectivity index (χ1v) is 12.0. The highest BCUT2D eigenvalue weighted by Gasteiger charge is 2.30. The Balaban J connectivity index is 0.000000213. The van der Waals surface area contributed by atoms with Gasteiger partial charge in [-0.05, 0) is 60.9 Å². The third-order valence-corrected chi connectivity index (χ3v) is 5.94. The average molecular weight is 550 g/mol. The van der Waals surface area contributed by atoms with Gasteiger partial charge in [-0.25, -0.2) is 0 Å². The molecule has 0 aliphatic heterocycles. The molecule has 0 unspecified atom stereocenters.